The van der Waals surface area contributed by atoms with E-state index in [4.69, 9.17) is 11.6 Å². The second kappa shape index (κ2) is 4.77. The predicted octanol–water partition coefficient (Wildman–Crippen LogP) is 2.75. The van der Waals surface area contributed by atoms with E-state index in [0.29, 0.717) is 5.88 Å². The van der Waals surface area contributed by atoms with E-state index in [1.165, 1.54) is 11.5 Å². The molecule has 5 heteroatoms. The van der Waals surface area contributed by atoms with E-state index in [1.807, 2.05) is 0 Å². The van der Waals surface area contributed by atoms with Gasteiger partial charge in [-0.15, -0.1) is 11.6 Å². The van der Waals surface area contributed by atoms with Crippen LogP contribution in [0, 0.1) is 0 Å². The lowest BCUT2D eigenvalue weighted by Crippen LogP contribution is -2.34. The van der Waals surface area contributed by atoms with Crippen LogP contribution in [0.3, 0.4) is 0 Å². The highest BCUT2D eigenvalue weighted by Gasteiger charge is 2.21. The lowest BCUT2D eigenvalue weighted by Gasteiger charge is -2.28. The molecule has 0 radical (unpaired) electrons. The Balaban J connectivity index is 2.58. The van der Waals surface area contributed by atoms with Gasteiger partial charge in [-0.05, 0) is 19.8 Å². The maximum atomic E-state index is 5.73. The van der Waals surface area contributed by atoms with Gasteiger partial charge in [-0.2, -0.15) is 4.37 Å². The highest BCUT2D eigenvalue weighted by Crippen LogP contribution is 2.22. The first kappa shape index (κ1) is 10.7. The molecule has 0 amide bonds. The number of nitrogens with one attached hydrogen (secondary N) is 1. The average Bonchev–Trinajstić information content (AvgIpc) is 2.57. The molecule has 0 aromatic carbocycles. The fourth-order valence-electron chi connectivity index (χ4n) is 1.02. The first-order valence-corrected chi connectivity index (χ1v) is 5.62. The van der Waals surface area contributed by atoms with Crippen LogP contribution in [0.25, 0.3) is 0 Å². The Morgan fingerprint density at radius 1 is 1.69 bits per heavy atom. The van der Waals surface area contributed by atoms with Crippen LogP contribution < -0.4 is 5.32 Å². The highest BCUT2D eigenvalue weighted by atomic mass is 35.5. The third kappa shape index (κ3) is 3.12. The van der Waals surface area contributed by atoms with Crippen LogP contribution in [-0.4, -0.2) is 20.8 Å². The van der Waals surface area contributed by atoms with Crippen LogP contribution in [0.5, 0.6) is 0 Å². The van der Waals surface area contributed by atoms with Crippen molar-refractivity contribution >= 4 is 28.3 Å². The van der Waals surface area contributed by atoms with Gasteiger partial charge >= 0.3 is 0 Å². The molecule has 0 saturated heterocycles. The van der Waals surface area contributed by atoms with Gasteiger partial charge in [-0.25, -0.2) is 4.98 Å². The molecule has 0 spiro atoms. The molecular weight excluding hydrogens is 206 g/mol. The van der Waals surface area contributed by atoms with Crippen LogP contribution in [0.1, 0.15) is 26.7 Å². The molecule has 74 valence electrons. The SMILES string of the molecule is CCC(C)(CCCl)Nc1ncns1. The quantitative estimate of drug-likeness (QED) is 0.774. The van der Waals surface area contributed by atoms with E-state index in [9.17, 15) is 0 Å². The molecule has 13 heavy (non-hydrogen) atoms. The minimum Gasteiger partial charge on any atom is -0.355 e. The molecule has 1 unspecified atom stereocenters. The summed E-state index contributed by atoms with van der Waals surface area (Å²) in [5.41, 5.74) is 0.0429. The van der Waals surface area contributed by atoms with Gasteiger partial charge in [0.25, 0.3) is 0 Å². The smallest absolute Gasteiger partial charge is 0.202 e. The Morgan fingerprint density at radius 2 is 2.46 bits per heavy atom. The van der Waals surface area contributed by atoms with E-state index < -0.39 is 0 Å². The first-order valence-electron chi connectivity index (χ1n) is 4.31. The minimum atomic E-state index is 0.0429. The molecule has 0 fully saturated rings. The van der Waals surface area contributed by atoms with Crippen LogP contribution >= 0.6 is 23.1 Å². The summed E-state index contributed by atoms with van der Waals surface area (Å²) in [5, 5.41) is 4.22. The Morgan fingerprint density at radius 3 is 2.92 bits per heavy atom. The maximum Gasteiger partial charge on any atom is 0.202 e. The predicted molar refractivity (Wildman–Crippen MR) is 57.6 cm³/mol. The van der Waals surface area contributed by atoms with Crippen molar-refractivity contribution in [1.82, 2.24) is 9.36 Å². The number of hydrogen-bond donors (Lipinski definition) is 1. The molecule has 1 aromatic rings. The van der Waals surface area contributed by atoms with Crippen molar-refractivity contribution in [1.29, 1.82) is 0 Å². The molecule has 0 aliphatic carbocycles. The summed E-state index contributed by atoms with van der Waals surface area (Å²) in [5.74, 6) is 0.663. The van der Waals surface area contributed by atoms with Crippen LogP contribution in [0.4, 0.5) is 5.13 Å². The Bertz CT molecular complexity index is 240. The van der Waals surface area contributed by atoms with E-state index in [0.717, 1.165) is 18.0 Å². The van der Waals surface area contributed by atoms with Crippen molar-refractivity contribution in [3.05, 3.63) is 6.33 Å². The third-order valence-electron chi connectivity index (χ3n) is 2.20. The molecule has 1 atom stereocenters. The molecule has 1 heterocycles. The van der Waals surface area contributed by atoms with Crippen LogP contribution in [0.15, 0.2) is 6.33 Å². The molecule has 1 N–H and O–H groups in total. The van der Waals surface area contributed by atoms with Crippen molar-refractivity contribution in [3.63, 3.8) is 0 Å². The molecule has 0 aliphatic rings. The van der Waals surface area contributed by atoms with Gasteiger partial charge in [-0.1, -0.05) is 6.92 Å². The van der Waals surface area contributed by atoms with Crippen molar-refractivity contribution in [2.24, 2.45) is 0 Å². The minimum absolute atomic E-state index is 0.0429. The van der Waals surface area contributed by atoms with Gasteiger partial charge in [0.2, 0.25) is 5.13 Å². The summed E-state index contributed by atoms with van der Waals surface area (Å²) in [6.45, 7) is 4.29. The summed E-state index contributed by atoms with van der Waals surface area (Å²) in [6, 6.07) is 0. The van der Waals surface area contributed by atoms with E-state index in [1.54, 1.807) is 6.33 Å². The summed E-state index contributed by atoms with van der Waals surface area (Å²) >= 11 is 7.11. The van der Waals surface area contributed by atoms with Crippen molar-refractivity contribution in [2.45, 2.75) is 32.2 Å². The first-order chi connectivity index (χ1) is 6.20. The Labute approximate surface area is 87.7 Å². The monoisotopic (exact) mass is 219 g/mol. The van der Waals surface area contributed by atoms with Crippen LogP contribution in [-0.2, 0) is 0 Å². The zero-order valence-electron chi connectivity index (χ0n) is 7.88. The topological polar surface area (TPSA) is 37.8 Å². The molecule has 3 nitrogen and oxygen atoms in total. The number of rotatable bonds is 5. The summed E-state index contributed by atoms with van der Waals surface area (Å²) in [7, 11) is 0. The van der Waals surface area contributed by atoms with Gasteiger partial charge in [-0.3, -0.25) is 0 Å². The van der Waals surface area contributed by atoms with Crippen molar-refractivity contribution < 1.29 is 0 Å². The second-order valence-corrected chi connectivity index (χ2v) is 4.38. The van der Waals surface area contributed by atoms with E-state index in [-0.39, 0.29) is 5.54 Å². The zero-order valence-corrected chi connectivity index (χ0v) is 9.45. The Hall–Kier alpha value is -0.350. The number of anilines is 1. The van der Waals surface area contributed by atoms with Gasteiger partial charge in [0.1, 0.15) is 6.33 Å². The molecule has 1 rings (SSSR count). The number of alkyl halides is 1. The van der Waals surface area contributed by atoms with E-state index >= 15 is 0 Å². The maximum absolute atomic E-state index is 5.73. The lowest BCUT2D eigenvalue weighted by molar-refractivity contribution is 0.481. The fourth-order valence-corrected chi connectivity index (χ4v) is 2.02. The number of nitrogens with zero attached hydrogens (tertiary/aromatic N) is 2. The standard InChI is InChI=1S/C8H14ClN3S/c1-3-8(2,4-5-9)12-7-10-6-11-13-7/h6H,3-5H2,1-2H3,(H,10,11,12). The lowest BCUT2D eigenvalue weighted by atomic mass is 9.96. The van der Waals surface area contributed by atoms with Gasteiger partial charge in [0.15, 0.2) is 0 Å². The highest BCUT2D eigenvalue weighted by molar-refractivity contribution is 7.09. The van der Waals surface area contributed by atoms with E-state index in [2.05, 4.69) is 28.5 Å². The average molecular weight is 220 g/mol. The molecule has 0 aliphatic heterocycles. The molecule has 0 saturated carbocycles. The zero-order chi connectivity index (χ0) is 9.73. The number of hydrogen-bond acceptors (Lipinski definition) is 4. The summed E-state index contributed by atoms with van der Waals surface area (Å²) < 4.78 is 3.94. The largest absolute Gasteiger partial charge is 0.355 e. The van der Waals surface area contributed by atoms with Gasteiger partial charge < -0.3 is 5.32 Å². The van der Waals surface area contributed by atoms with Gasteiger partial charge in [0.05, 0.1) is 0 Å². The van der Waals surface area contributed by atoms with Crippen molar-refractivity contribution in [2.75, 3.05) is 11.2 Å². The third-order valence-corrected chi connectivity index (χ3v) is 2.97. The summed E-state index contributed by atoms with van der Waals surface area (Å²) in [6.07, 6.45) is 3.52. The second-order valence-electron chi connectivity index (χ2n) is 3.22. The van der Waals surface area contributed by atoms with Crippen molar-refractivity contribution in [3.8, 4) is 0 Å². The molecular formula is C8H14ClN3S. The number of aromatic nitrogens is 2. The summed E-state index contributed by atoms with van der Waals surface area (Å²) in [4.78, 5) is 4.08. The fraction of sp³-hybridized carbons (Fsp3) is 0.750. The van der Waals surface area contributed by atoms with Gasteiger partial charge in [0, 0.05) is 23.0 Å². The number of halogens is 1. The molecule has 1 aromatic heterocycles. The Kier molecular flexibility index (Phi) is 3.93. The normalized spacial score (nSPS) is 15.3. The molecule has 0 bridgehead atoms. The van der Waals surface area contributed by atoms with Crippen LogP contribution in [0.2, 0.25) is 0 Å².